The van der Waals surface area contributed by atoms with Gasteiger partial charge in [-0.15, -0.1) is 0 Å². The zero-order valence-corrected chi connectivity index (χ0v) is 7.92. The van der Waals surface area contributed by atoms with E-state index in [0.29, 0.717) is 6.54 Å². The van der Waals surface area contributed by atoms with E-state index in [0.717, 1.165) is 12.8 Å². The molecule has 0 aromatic heterocycles. The first-order valence-corrected chi connectivity index (χ1v) is 4.25. The van der Waals surface area contributed by atoms with E-state index in [1.54, 1.807) is 11.9 Å². The number of rotatable bonds is 5. The Kier molecular flexibility index (Phi) is 5.37. The van der Waals surface area contributed by atoms with Crippen LogP contribution in [0.4, 0.5) is 0 Å². The maximum atomic E-state index is 11.0. The van der Waals surface area contributed by atoms with Crippen LogP contribution in [0.1, 0.15) is 19.8 Å². The van der Waals surface area contributed by atoms with Crippen LogP contribution < -0.4 is 5.73 Å². The molecular weight excluding hydrogens is 152 g/mol. The molecule has 0 radical (unpaired) electrons. The Balaban J connectivity index is 3.63. The van der Waals surface area contributed by atoms with Crippen LogP contribution >= 0.6 is 0 Å². The number of nitrogens with zero attached hydrogens (tertiary/aromatic N) is 1. The molecule has 0 saturated heterocycles. The molecule has 2 N–H and O–H groups in total. The van der Waals surface area contributed by atoms with Gasteiger partial charge in [0, 0.05) is 19.6 Å². The second-order valence-corrected chi connectivity index (χ2v) is 2.92. The number of hydrogen-bond acceptors (Lipinski definition) is 2. The van der Waals surface area contributed by atoms with Gasteiger partial charge >= 0.3 is 0 Å². The van der Waals surface area contributed by atoms with Crippen LogP contribution in [0.2, 0.25) is 0 Å². The summed E-state index contributed by atoms with van der Waals surface area (Å²) in [5, 5.41) is 0. The van der Waals surface area contributed by atoms with E-state index in [2.05, 4.69) is 6.58 Å². The molecule has 0 fully saturated rings. The summed E-state index contributed by atoms with van der Waals surface area (Å²) in [5.74, 6) is -0.0432. The Morgan fingerprint density at radius 1 is 1.75 bits per heavy atom. The van der Waals surface area contributed by atoms with Crippen molar-refractivity contribution in [1.82, 2.24) is 4.90 Å². The van der Waals surface area contributed by atoms with Gasteiger partial charge in [-0.3, -0.25) is 4.79 Å². The summed E-state index contributed by atoms with van der Waals surface area (Å²) in [6.07, 6.45) is 3.13. The van der Waals surface area contributed by atoms with Crippen molar-refractivity contribution in [1.29, 1.82) is 0 Å². The molecule has 70 valence electrons. The second-order valence-electron chi connectivity index (χ2n) is 2.92. The lowest BCUT2D eigenvalue weighted by Gasteiger charge is -2.17. The predicted octanol–water partition coefficient (Wildman–Crippen LogP) is 0.758. The lowest BCUT2D eigenvalue weighted by molar-refractivity contribution is -0.124. The van der Waals surface area contributed by atoms with Gasteiger partial charge in [0.25, 0.3) is 0 Å². The average molecular weight is 170 g/mol. The molecule has 12 heavy (non-hydrogen) atoms. The number of carbonyl (C=O) groups is 1. The second kappa shape index (κ2) is 5.77. The SMILES string of the molecule is C=CC(=O)N(C)CCC(N)CC. The highest BCUT2D eigenvalue weighted by Crippen LogP contribution is 1.96. The Hall–Kier alpha value is -0.830. The molecule has 0 aliphatic carbocycles. The van der Waals surface area contributed by atoms with Gasteiger partial charge in [0.1, 0.15) is 0 Å². The molecule has 0 aromatic carbocycles. The largest absolute Gasteiger partial charge is 0.342 e. The van der Waals surface area contributed by atoms with Crippen LogP contribution in [0.15, 0.2) is 12.7 Å². The third-order valence-electron chi connectivity index (χ3n) is 1.91. The van der Waals surface area contributed by atoms with Crippen molar-refractivity contribution in [2.45, 2.75) is 25.8 Å². The first-order valence-electron chi connectivity index (χ1n) is 4.25. The van der Waals surface area contributed by atoms with E-state index in [1.807, 2.05) is 6.92 Å². The normalized spacial score (nSPS) is 12.2. The van der Waals surface area contributed by atoms with Crippen LogP contribution in [0.25, 0.3) is 0 Å². The van der Waals surface area contributed by atoms with Gasteiger partial charge < -0.3 is 10.6 Å². The highest BCUT2D eigenvalue weighted by molar-refractivity contribution is 5.86. The molecule has 0 spiro atoms. The Labute approximate surface area is 74.2 Å². The average Bonchev–Trinajstić information content (AvgIpc) is 2.11. The van der Waals surface area contributed by atoms with Crippen molar-refractivity contribution in [3.63, 3.8) is 0 Å². The molecule has 1 atom stereocenters. The third-order valence-corrected chi connectivity index (χ3v) is 1.91. The molecule has 0 heterocycles. The van der Waals surface area contributed by atoms with Crippen LogP contribution in [-0.2, 0) is 4.79 Å². The Morgan fingerprint density at radius 3 is 2.75 bits per heavy atom. The highest BCUT2D eigenvalue weighted by Gasteiger charge is 2.05. The minimum atomic E-state index is -0.0432. The van der Waals surface area contributed by atoms with Crippen LogP contribution in [0.3, 0.4) is 0 Å². The summed E-state index contributed by atoms with van der Waals surface area (Å²) in [6, 6.07) is 0.199. The van der Waals surface area contributed by atoms with E-state index in [4.69, 9.17) is 5.73 Å². The fourth-order valence-corrected chi connectivity index (χ4v) is 0.830. The van der Waals surface area contributed by atoms with Gasteiger partial charge in [-0.05, 0) is 18.9 Å². The number of amides is 1. The van der Waals surface area contributed by atoms with Crippen molar-refractivity contribution < 1.29 is 4.79 Å². The Bertz CT molecular complexity index is 157. The predicted molar refractivity (Wildman–Crippen MR) is 50.7 cm³/mol. The van der Waals surface area contributed by atoms with Crippen molar-refractivity contribution in [2.75, 3.05) is 13.6 Å². The fraction of sp³-hybridized carbons (Fsp3) is 0.667. The Morgan fingerprint density at radius 2 is 2.33 bits per heavy atom. The quantitative estimate of drug-likeness (QED) is 0.619. The molecule has 0 bridgehead atoms. The molecule has 0 rings (SSSR count). The van der Waals surface area contributed by atoms with Gasteiger partial charge in [0.2, 0.25) is 5.91 Å². The summed E-state index contributed by atoms with van der Waals surface area (Å²) < 4.78 is 0. The summed E-state index contributed by atoms with van der Waals surface area (Å²) in [6.45, 7) is 6.16. The van der Waals surface area contributed by atoms with E-state index < -0.39 is 0 Å². The van der Waals surface area contributed by atoms with Gasteiger partial charge in [0.15, 0.2) is 0 Å². The number of likely N-dealkylation sites (N-methyl/N-ethyl adjacent to an activating group) is 1. The van der Waals surface area contributed by atoms with Gasteiger partial charge in [0.05, 0.1) is 0 Å². The molecule has 0 aromatic rings. The maximum absolute atomic E-state index is 11.0. The lowest BCUT2D eigenvalue weighted by Crippen LogP contribution is -2.30. The van der Waals surface area contributed by atoms with Gasteiger partial charge in [-0.25, -0.2) is 0 Å². The summed E-state index contributed by atoms with van der Waals surface area (Å²) >= 11 is 0. The lowest BCUT2D eigenvalue weighted by atomic mass is 10.1. The van der Waals surface area contributed by atoms with E-state index >= 15 is 0 Å². The first-order chi connectivity index (χ1) is 5.61. The van der Waals surface area contributed by atoms with Crippen LogP contribution in [-0.4, -0.2) is 30.4 Å². The van der Waals surface area contributed by atoms with Crippen LogP contribution in [0, 0.1) is 0 Å². The molecule has 0 aliphatic rings. The van der Waals surface area contributed by atoms with E-state index in [9.17, 15) is 4.79 Å². The minimum Gasteiger partial charge on any atom is -0.342 e. The molecular formula is C9H18N2O. The monoisotopic (exact) mass is 170 g/mol. The summed E-state index contributed by atoms with van der Waals surface area (Å²) in [5.41, 5.74) is 5.70. The highest BCUT2D eigenvalue weighted by atomic mass is 16.2. The molecule has 0 aliphatic heterocycles. The smallest absolute Gasteiger partial charge is 0.245 e. The summed E-state index contributed by atoms with van der Waals surface area (Å²) in [7, 11) is 1.76. The van der Waals surface area contributed by atoms with Gasteiger partial charge in [-0.1, -0.05) is 13.5 Å². The van der Waals surface area contributed by atoms with Gasteiger partial charge in [-0.2, -0.15) is 0 Å². The molecule has 1 amide bonds. The van der Waals surface area contributed by atoms with E-state index in [-0.39, 0.29) is 11.9 Å². The number of hydrogen-bond donors (Lipinski definition) is 1. The molecule has 1 unspecified atom stereocenters. The van der Waals surface area contributed by atoms with Crippen molar-refractivity contribution in [3.8, 4) is 0 Å². The minimum absolute atomic E-state index is 0.0432. The fourth-order valence-electron chi connectivity index (χ4n) is 0.830. The molecule has 0 saturated carbocycles. The standard InChI is InChI=1S/C9H18N2O/c1-4-8(10)6-7-11(3)9(12)5-2/h5,8H,2,4,6-7,10H2,1,3H3. The van der Waals surface area contributed by atoms with Crippen LogP contribution in [0.5, 0.6) is 0 Å². The summed E-state index contributed by atoms with van der Waals surface area (Å²) in [4.78, 5) is 12.6. The van der Waals surface area contributed by atoms with Crippen molar-refractivity contribution in [2.24, 2.45) is 5.73 Å². The molecule has 3 heteroatoms. The van der Waals surface area contributed by atoms with Crippen molar-refractivity contribution in [3.05, 3.63) is 12.7 Å². The maximum Gasteiger partial charge on any atom is 0.245 e. The third kappa shape index (κ3) is 4.13. The first kappa shape index (κ1) is 11.2. The van der Waals surface area contributed by atoms with E-state index in [1.165, 1.54) is 6.08 Å². The number of nitrogens with two attached hydrogens (primary N) is 1. The zero-order chi connectivity index (χ0) is 9.56. The molecule has 3 nitrogen and oxygen atoms in total. The van der Waals surface area contributed by atoms with Crippen molar-refractivity contribution >= 4 is 5.91 Å². The topological polar surface area (TPSA) is 46.3 Å². The number of carbonyl (C=O) groups excluding carboxylic acids is 1. The zero-order valence-electron chi connectivity index (χ0n) is 7.92.